The van der Waals surface area contributed by atoms with Gasteiger partial charge in [-0.3, -0.25) is 19.0 Å². The molecule has 0 atom stereocenters. The quantitative estimate of drug-likeness (QED) is 0.163. The van der Waals surface area contributed by atoms with Gasteiger partial charge in [0.05, 0.1) is 48.2 Å². The number of nitrogens with one attached hydrogen (secondary N) is 2. The van der Waals surface area contributed by atoms with Gasteiger partial charge in [0.1, 0.15) is 29.7 Å². The molecule has 0 radical (unpaired) electrons. The smallest absolute Gasteiger partial charge is 0.258 e. The first-order valence-corrected chi connectivity index (χ1v) is 17.8. The van der Waals surface area contributed by atoms with Crippen LogP contribution in [-0.4, -0.2) is 36.5 Å². The van der Waals surface area contributed by atoms with E-state index in [1.54, 1.807) is 43.7 Å². The Morgan fingerprint density at radius 3 is 1.58 bits per heavy atom. The van der Waals surface area contributed by atoms with Crippen molar-refractivity contribution in [1.82, 2.24) is 19.6 Å². The van der Waals surface area contributed by atoms with Gasteiger partial charge in [0.25, 0.3) is 11.8 Å². The number of aromatic nitrogens is 4. The van der Waals surface area contributed by atoms with E-state index in [0.717, 1.165) is 56.8 Å². The molecule has 0 unspecified atom stereocenters. The summed E-state index contributed by atoms with van der Waals surface area (Å²) in [6.07, 6.45) is 3.57. The van der Waals surface area contributed by atoms with Gasteiger partial charge in [-0.25, -0.2) is 0 Å². The molecule has 2 aliphatic heterocycles. The van der Waals surface area contributed by atoms with E-state index in [1.165, 1.54) is 12.1 Å². The van der Waals surface area contributed by atoms with Crippen molar-refractivity contribution in [3.8, 4) is 11.5 Å². The zero-order chi connectivity index (χ0) is 37.9. The Morgan fingerprint density at radius 1 is 0.618 bits per heavy atom. The average molecular weight is 731 g/mol. The van der Waals surface area contributed by atoms with Crippen molar-refractivity contribution in [3.63, 3.8) is 0 Å². The molecule has 0 bridgehead atoms. The van der Waals surface area contributed by atoms with E-state index in [4.69, 9.17) is 4.74 Å². The minimum absolute atomic E-state index is 0.0689. The number of fused-ring (bicyclic) bond motifs is 4. The Labute approximate surface area is 317 Å². The van der Waals surface area contributed by atoms with Gasteiger partial charge in [0, 0.05) is 36.3 Å². The zero-order valence-electron chi connectivity index (χ0n) is 30.3. The van der Waals surface area contributed by atoms with Crippen LogP contribution in [0.4, 0.5) is 34.4 Å². The Bertz CT molecular complexity index is 2480. The summed E-state index contributed by atoms with van der Waals surface area (Å²) in [6.45, 7) is 1.36. The number of hydrogen-bond donors (Lipinski definition) is 3. The first-order chi connectivity index (χ1) is 26.8. The summed E-state index contributed by atoms with van der Waals surface area (Å²) in [5.41, 5.74) is 7.52. The molecule has 12 heteroatoms. The van der Waals surface area contributed by atoms with E-state index in [1.807, 2.05) is 117 Å². The van der Waals surface area contributed by atoms with Gasteiger partial charge in [-0.15, -0.1) is 0 Å². The van der Waals surface area contributed by atoms with Crippen LogP contribution in [0.15, 0.2) is 140 Å². The van der Waals surface area contributed by atoms with Crippen molar-refractivity contribution >= 4 is 46.2 Å². The van der Waals surface area contributed by atoms with Gasteiger partial charge in [-0.2, -0.15) is 10.2 Å². The van der Waals surface area contributed by atoms with Crippen molar-refractivity contribution in [2.24, 2.45) is 14.1 Å². The highest BCUT2D eigenvalue weighted by atomic mass is 16.5. The number of benzene rings is 5. The summed E-state index contributed by atoms with van der Waals surface area (Å²) in [6, 6.07) is 39.1. The SMILES string of the molecule is Cn1ncc2c1Nc1ccccc1N(C(=O)c1ccc(O)cc1)C2.Cn1ncc2c1Nc1ccccc1N(C(=O)c1ccc(OCc3ccccc3)cc1)C2. The summed E-state index contributed by atoms with van der Waals surface area (Å²) in [7, 11) is 3.76. The van der Waals surface area contributed by atoms with Crippen LogP contribution >= 0.6 is 0 Å². The Kier molecular flexibility index (Phi) is 9.44. The lowest BCUT2D eigenvalue weighted by Gasteiger charge is -2.22. The molecule has 4 heterocycles. The number of phenolic OH excluding ortho intramolecular Hbond substituents is 1. The number of amides is 2. The highest BCUT2D eigenvalue weighted by Gasteiger charge is 2.28. The van der Waals surface area contributed by atoms with E-state index in [2.05, 4.69) is 20.8 Å². The normalized spacial score (nSPS) is 12.5. The summed E-state index contributed by atoms with van der Waals surface area (Å²) in [4.78, 5) is 30.0. The topological polar surface area (TPSA) is 130 Å². The van der Waals surface area contributed by atoms with Crippen molar-refractivity contribution < 1.29 is 19.4 Å². The Balaban J connectivity index is 0.000000160. The van der Waals surface area contributed by atoms with Crippen LogP contribution in [0.5, 0.6) is 11.5 Å². The van der Waals surface area contributed by atoms with Crippen LogP contribution in [0.1, 0.15) is 37.4 Å². The number of carbonyl (C=O) groups excluding carboxylic acids is 2. The standard InChI is InChI=1S/C25H22N4O2.C18H16N4O2/c1-28-24-20(15-26-28)16-29(23-10-6-5-9-22(23)27-24)25(30)19-11-13-21(14-12-19)31-17-18-7-3-2-4-8-18;1-21-17-13(10-19-21)11-22(16-5-3-2-4-15(16)20-17)18(24)12-6-8-14(23)9-7-12/h2-15,27H,16-17H2,1H3;2-10,20,23H,11H2,1H3. The molecule has 274 valence electrons. The van der Waals surface area contributed by atoms with Crippen LogP contribution in [0.2, 0.25) is 0 Å². The fourth-order valence-electron chi connectivity index (χ4n) is 6.63. The monoisotopic (exact) mass is 730 g/mol. The molecule has 2 aliphatic rings. The molecule has 55 heavy (non-hydrogen) atoms. The fourth-order valence-corrected chi connectivity index (χ4v) is 6.63. The molecule has 2 amide bonds. The third-order valence-corrected chi connectivity index (χ3v) is 9.54. The third-order valence-electron chi connectivity index (χ3n) is 9.54. The number of para-hydroxylation sites is 4. The van der Waals surface area contributed by atoms with Crippen LogP contribution in [-0.2, 0) is 33.8 Å². The Morgan fingerprint density at radius 2 is 1.07 bits per heavy atom. The van der Waals surface area contributed by atoms with Gasteiger partial charge < -0.3 is 30.3 Å². The summed E-state index contributed by atoms with van der Waals surface area (Å²) in [5.74, 6) is 2.45. The molecule has 0 saturated heterocycles. The first-order valence-electron chi connectivity index (χ1n) is 17.8. The second kappa shape index (κ2) is 15.0. The van der Waals surface area contributed by atoms with E-state index in [0.29, 0.717) is 30.8 Å². The molecule has 0 aliphatic carbocycles. The number of ether oxygens (including phenoxy) is 1. The third kappa shape index (κ3) is 7.20. The number of anilines is 6. The summed E-state index contributed by atoms with van der Waals surface area (Å²) in [5, 5.41) is 24.8. The number of hydrogen-bond acceptors (Lipinski definition) is 8. The van der Waals surface area contributed by atoms with Gasteiger partial charge >= 0.3 is 0 Å². The molecule has 0 fully saturated rings. The molecular weight excluding hydrogens is 693 g/mol. The lowest BCUT2D eigenvalue weighted by atomic mass is 10.1. The highest BCUT2D eigenvalue weighted by molar-refractivity contribution is 6.09. The van der Waals surface area contributed by atoms with Crippen molar-refractivity contribution in [2.75, 3.05) is 20.4 Å². The maximum atomic E-state index is 13.5. The number of phenols is 1. The van der Waals surface area contributed by atoms with Gasteiger partial charge in [0.2, 0.25) is 0 Å². The fraction of sp³-hybridized carbons (Fsp3) is 0.116. The second-order valence-corrected chi connectivity index (χ2v) is 13.2. The Hall–Kier alpha value is -7.34. The van der Waals surface area contributed by atoms with Crippen molar-refractivity contribution in [2.45, 2.75) is 19.7 Å². The lowest BCUT2D eigenvalue weighted by Crippen LogP contribution is -2.29. The van der Waals surface area contributed by atoms with Gasteiger partial charge in [-0.05, 0) is 78.4 Å². The molecule has 9 rings (SSSR count). The number of carbonyl (C=O) groups is 2. The van der Waals surface area contributed by atoms with E-state index in [-0.39, 0.29) is 17.6 Å². The summed E-state index contributed by atoms with van der Waals surface area (Å²) < 4.78 is 9.41. The maximum Gasteiger partial charge on any atom is 0.258 e. The molecular formula is C43H38N8O4. The largest absolute Gasteiger partial charge is 0.508 e. The molecule has 12 nitrogen and oxygen atoms in total. The molecule has 2 aromatic heterocycles. The number of nitrogens with zero attached hydrogens (tertiary/aromatic N) is 6. The van der Waals surface area contributed by atoms with E-state index in [9.17, 15) is 14.7 Å². The molecule has 3 N–H and O–H groups in total. The van der Waals surface area contributed by atoms with Crippen LogP contribution in [0.3, 0.4) is 0 Å². The maximum absolute atomic E-state index is 13.5. The van der Waals surface area contributed by atoms with Gasteiger partial charge in [-0.1, -0.05) is 54.6 Å². The van der Waals surface area contributed by atoms with Gasteiger partial charge in [0.15, 0.2) is 0 Å². The lowest BCUT2D eigenvalue weighted by molar-refractivity contribution is 0.0977. The number of rotatable bonds is 5. The summed E-state index contributed by atoms with van der Waals surface area (Å²) >= 11 is 0. The number of aromatic hydroxyl groups is 1. The molecule has 7 aromatic rings. The zero-order valence-corrected chi connectivity index (χ0v) is 30.3. The van der Waals surface area contributed by atoms with E-state index >= 15 is 0 Å². The minimum atomic E-state index is -0.124. The van der Waals surface area contributed by atoms with E-state index < -0.39 is 0 Å². The number of aryl methyl sites for hydroxylation is 2. The van der Waals surface area contributed by atoms with Crippen LogP contribution < -0.4 is 25.2 Å². The van der Waals surface area contributed by atoms with Crippen LogP contribution in [0.25, 0.3) is 0 Å². The average Bonchev–Trinajstić information content (AvgIpc) is 3.61. The van der Waals surface area contributed by atoms with Crippen molar-refractivity contribution in [1.29, 1.82) is 0 Å². The van der Waals surface area contributed by atoms with Crippen LogP contribution in [0, 0.1) is 0 Å². The second-order valence-electron chi connectivity index (χ2n) is 13.2. The highest BCUT2D eigenvalue weighted by Crippen LogP contribution is 2.37. The predicted molar refractivity (Wildman–Crippen MR) is 212 cm³/mol. The predicted octanol–water partition coefficient (Wildman–Crippen LogP) is 7.93. The van der Waals surface area contributed by atoms with Crippen molar-refractivity contribution in [3.05, 3.63) is 168 Å². The molecule has 0 spiro atoms. The molecule has 0 saturated carbocycles. The minimum Gasteiger partial charge on any atom is -0.508 e. The first kappa shape index (κ1) is 34.7. The molecule has 5 aromatic carbocycles.